The van der Waals surface area contributed by atoms with Crippen molar-refractivity contribution in [2.24, 2.45) is 0 Å². The van der Waals surface area contributed by atoms with Crippen LogP contribution in [0.1, 0.15) is 40.1 Å². The first kappa shape index (κ1) is 24.9. The largest absolute Gasteiger partial charge is 0.454 e. The van der Waals surface area contributed by atoms with Gasteiger partial charge in [-0.1, -0.05) is 18.2 Å². The fourth-order valence-electron chi connectivity index (χ4n) is 3.43. The molecule has 0 radical (unpaired) electrons. The van der Waals surface area contributed by atoms with Crippen LogP contribution in [-0.2, 0) is 25.7 Å². The molecule has 1 aliphatic heterocycles. The van der Waals surface area contributed by atoms with E-state index in [0.29, 0.717) is 6.07 Å². The van der Waals surface area contributed by atoms with Crippen LogP contribution in [0.5, 0.6) is 0 Å². The third kappa shape index (κ3) is 5.98. The normalized spacial score (nSPS) is 19.8. The Bertz CT molecular complexity index is 1140. The van der Waals surface area contributed by atoms with Crippen molar-refractivity contribution in [2.45, 2.75) is 37.1 Å². The molecule has 1 aliphatic rings. The van der Waals surface area contributed by atoms with E-state index >= 15 is 0 Å². The summed E-state index contributed by atoms with van der Waals surface area (Å²) in [6, 6.07) is 8.93. The van der Waals surface area contributed by atoms with Crippen LogP contribution in [-0.4, -0.2) is 56.4 Å². The Kier molecular flexibility index (Phi) is 7.25. The Morgan fingerprint density at radius 3 is 2.27 bits per heavy atom. The zero-order valence-electron chi connectivity index (χ0n) is 17.8. The number of morpholine rings is 1. The van der Waals surface area contributed by atoms with Crippen molar-refractivity contribution in [3.63, 3.8) is 0 Å². The number of nitrogens with zero attached hydrogens (tertiary/aromatic N) is 1. The number of sulfonamides is 1. The summed E-state index contributed by atoms with van der Waals surface area (Å²) in [6.45, 7) is 3.04. The molecule has 0 N–H and O–H groups in total. The number of carbonyl (C=O) groups excluding carboxylic acids is 2. The minimum Gasteiger partial charge on any atom is -0.454 e. The lowest BCUT2D eigenvalue weighted by atomic mass is 10.1. The molecule has 7 nitrogen and oxygen atoms in total. The van der Waals surface area contributed by atoms with Crippen LogP contribution >= 0.6 is 0 Å². The number of carbonyl (C=O) groups is 2. The molecule has 178 valence electrons. The van der Waals surface area contributed by atoms with Gasteiger partial charge in [-0.15, -0.1) is 0 Å². The van der Waals surface area contributed by atoms with Crippen molar-refractivity contribution in [3.8, 4) is 0 Å². The summed E-state index contributed by atoms with van der Waals surface area (Å²) < 4.78 is 76.2. The summed E-state index contributed by atoms with van der Waals surface area (Å²) in [5.74, 6) is -1.80. The molecule has 0 amide bonds. The van der Waals surface area contributed by atoms with Crippen LogP contribution in [0, 0.1) is 0 Å². The number of ketones is 1. The minimum absolute atomic E-state index is 0.109. The van der Waals surface area contributed by atoms with Crippen LogP contribution < -0.4 is 0 Å². The van der Waals surface area contributed by atoms with Gasteiger partial charge in [0, 0.05) is 18.7 Å². The molecule has 2 atom stereocenters. The third-order valence-electron chi connectivity index (χ3n) is 4.94. The van der Waals surface area contributed by atoms with Gasteiger partial charge in [0.25, 0.3) is 0 Å². The predicted octanol–water partition coefficient (Wildman–Crippen LogP) is 3.54. The number of hydrogen-bond donors (Lipinski definition) is 0. The van der Waals surface area contributed by atoms with Gasteiger partial charge in [0.2, 0.25) is 10.0 Å². The lowest BCUT2D eigenvalue weighted by molar-refractivity contribution is -0.137. The molecule has 2 unspecified atom stereocenters. The second-order valence-electron chi connectivity index (χ2n) is 7.69. The summed E-state index contributed by atoms with van der Waals surface area (Å²) >= 11 is 0. The minimum atomic E-state index is -4.62. The lowest BCUT2D eigenvalue weighted by Crippen LogP contribution is -2.48. The highest BCUT2D eigenvalue weighted by molar-refractivity contribution is 7.89. The molecule has 0 saturated carbocycles. The molecule has 11 heteroatoms. The van der Waals surface area contributed by atoms with Gasteiger partial charge in [-0.05, 0) is 44.2 Å². The molecule has 1 fully saturated rings. The number of alkyl halides is 3. The van der Waals surface area contributed by atoms with E-state index < -0.39 is 40.1 Å². The lowest BCUT2D eigenvalue weighted by Gasteiger charge is -2.34. The molecule has 0 aromatic heterocycles. The van der Waals surface area contributed by atoms with E-state index in [1.54, 1.807) is 13.8 Å². The van der Waals surface area contributed by atoms with Gasteiger partial charge in [0.05, 0.1) is 28.2 Å². The van der Waals surface area contributed by atoms with Crippen molar-refractivity contribution >= 4 is 21.8 Å². The smallest absolute Gasteiger partial charge is 0.416 e. The van der Waals surface area contributed by atoms with Gasteiger partial charge in [0.15, 0.2) is 12.4 Å². The summed E-state index contributed by atoms with van der Waals surface area (Å²) in [4.78, 5) is 24.5. The predicted molar refractivity (Wildman–Crippen MR) is 111 cm³/mol. The van der Waals surface area contributed by atoms with Gasteiger partial charge >= 0.3 is 12.1 Å². The van der Waals surface area contributed by atoms with E-state index in [4.69, 9.17) is 9.47 Å². The van der Waals surface area contributed by atoms with Crippen LogP contribution in [0.25, 0.3) is 0 Å². The van der Waals surface area contributed by atoms with Crippen LogP contribution in [0.3, 0.4) is 0 Å². The Morgan fingerprint density at radius 2 is 1.64 bits per heavy atom. The Hall–Kier alpha value is -2.76. The van der Waals surface area contributed by atoms with E-state index in [-0.39, 0.29) is 41.3 Å². The van der Waals surface area contributed by atoms with E-state index in [9.17, 15) is 31.2 Å². The monoisotopic (exact) mass is 485 g/mol. The van der Waals surface area contributed by atoms with Crippen molar-refractivity contribution in [3.05, 3.63) is 65.2 Å². The molecular weight excluding hydrogens is 463 g/mol. The fraction of sp³-hybridized carbons (Fsp3) is 0.364. The van der Waals surface area contributed by atoms with E-state index in [2.05, 4.69) is 0 Å². The fourth-order valence-corrected chi connectivity index (χ4v) is 5.06. The maximum atomic E-state index is 13.0. The first-order valence-electron chi connectivity index (χ1n) is 10.0. The molecule has 0 spiro atoms. The number of ether oxygens (including phenoxy) is 2. The summed E-state index contributed by atoms with van der Waals surface area (Å²) in [6.07, 6.45) is -5.20. The number of esters is 1. The number of hydrogen-bond acceptors (Lipinski definition) is 6. The van der Waals surface area contributed by atoms with Crippen LogP contribution in [0.15, 0.2) is 53.4 Å². The molecule has 3 rings (SSSR count). The molecule has 2 aromatic carbocycles. The quantitative estimate of drug-likeness (QED) is 0.459. The number of benzene rings is 2. The second kappa shape index (κ2) is 9.62. The van der Waals surface area contributed by atoms with Crippen molar-refractivity contribution < 1.29 is 40.7 Å². The average molecular weight is 485 g/mol. The topological polar surface area (TPSA) is 90.0 Å². The van der Waals surface area contributed by atoms with E-state index in [1.165, 1.54) is 28.6 Å². The molecule has 0 bridgehead atoms. The van der Waals surface area contributed by atoms with Crippen molar-refractivity contribution in [1.29, 1.82) is 0 Å². The molecule has 33 heavy (non-hydrogen) atoms. The molecule has 2 aromatic rings. The number of rotatable bonds is 6. The average Bonchev–Trinajstić information content (AvgIpc) is 2.76. The van der Waals surface area contributed by atoms with Gasteiger partial charge in [-0.25, -0.2) is 13.2 Å². The molecule has 1 heterocycles. The summed E-state index contributed by atoms with van der Waals surface area (Å²) in [5, 5.41) is 0. The zero-order chi connectivity index (χ0) is 24.4. The van der Waals surface area contributed by atoms with Gasteiger partial charge in [-0.3, -0.25) is 4.79 Å². The highest BCUT2D eigenvalue weighted by Gasteiger charge is 2.33. The van der Waals surface area contributed by atoms with Crippen LogP contribution in [0.4, 0.5) is 13.2 Å². The zero-order valence-corrected chi connectivity index (χ0v) is 18.7. The number of halogens is 3. The SMILES string of the molecule is CC1CN(S(=O)(=O)c2cccc(C(=O)OCC(=O)c3cccc(C(F)(F)F)c3)c2)CC(C)O1. The van der Waals surface area contributed by atoms with E-state index in [0.717, 1.165) is 18.2 Å². The summed E-state index contributed by atoms with van der Waals surface area (Å²) in [7, 11) is -3.90. The standard InChI is InChI=1S/C22H22F3NO6S/c1-14-11-26(12-15(2)32-14)33(29,30)19-8-4-6-17(10-19)21(28)31-13-20(27)16-5-3-7-18(9-16)22(23,24)25/h3-10,14-15H,11-13H2,1-2H3. The highest BCUT2D eigenvalue weighted by atomic mass is 32.2. The Morgan fingerprint density at radius 1 is 1.03 bits per heavy atom. The third-order valence-corrected chi connectivity index (χ3v) is 6.77. The van der Waals surface area contributed by atoms with Gasteiger partial charge in [0.1, 0.15) is 0 Å². The van der Waals surface area contributed by atoms with E-state index in [1.807, 2.05) is 0 Å². The highest BCUT2D eigenvalue weighted by Crippen LogP contribution is 2.29. The Labute approximate surface area is 189 Å². The van der Waals surface area contributed by atoms with Gasteiger partial charge in [-0.2, -0.15) is 17.5 Å². The summed E-state index contributed by atoms with van der Waals surface area (Å²) in [5.41, 5.74) is -1.36. The Balaban J connectivity index is 1.71. The van der Waals surface area contributed by atoms with Gasteiger partial charge < -0.3 is 9.47 Å². The second-order valence-corrected chi connectivity index (χ2v) is 9.62. The molecule has 1 saturated heterocycles. The maximum absolute atomic E-state index is 13.0. The molecular formula is C22H22F3NO6S. The van der Waals surface area contributed by atoms with Crippen molar-refractivity contribution in [2.75, 3.05) is 19.7 Å². The van der Waals surface area contributed by atoms with Crippen LogP contribution in [0.2, 0.25) is 0 Å². The maximum Gasteiger partial charge on any atom is 0.416 e. The first-order chi connectivity index (χ1) is 15.4. The van der Waals surface area contributed by atoms with Crippen molar-refractivity contribution in [1.82, 2.24) is 4.31 Å². The first-order valence-corrected chi connectivity index (χ1v) is 11.4. The molecule has 0 aliphatic carbocycles. The number of Topliss-reactive ketones (excluding diaryl/α,β-unsaturated/α-hetero) is 1.